The SMILES string of the molecule is CCCCc1c(C=C(C#N)C#N)sc(-c2ccc(-c3sc(C=C(C#N)C#N)c(CCCC)c3CCCC)s2)c1CCCC. The van der Waals surface area contributed by atoms with Crippen LogP contribution in [0.25, 0.3) is 31.7 Å². The lowest BCUT2D eigenvalue weighted by atomic mass is 9.97. The average molecular weight is 625 g/mol. The van der Waals surface area contributed by atoms with Gasteiger partial charge in [0.1, 0.15) is 35.4 Å². The minimum atomic E-state index is 0.146. The van der Waals surface area contributed by atoms with Crippen LogP contribution < -0.4 is 0 Å². The molecular formula is C36H40N4S3. The molecule has 3 rings (SSSR count). The molecule has 0 amide bonds. The van der Waals surface area contributed by atoms with Crippen LogP contribution in [0.1, 0.15) is 111 Å². The molecule has 0 atom stereocenters. The van der Waals surface area contributed by atoms with Crippen molar-refractivity contribution < 1.29 is 0 Å². The number of nitrogens with zero attached hydrogens (tertiary/aromatic N) is 4. The van der Waals surface area contributed by atoms with E-state index in [9.17, 15) is 21.0 Å². The normalized spacial score (nSPS) is 10.4. The highest BCUT2D eigenvalue weighted by molar-refractivity contribution is 7.27. The fourth-order valence-corrected chi connectivity index (χ4v) is 9.15. The highest BCUT2D eigenvalue weighted by Gasteiger charge is 2.23. The van der Waals surface area contributed by atoms with E-state index in [1.807, 2.05) is 0 Å². The molecule has 0 aliphatic rings. The standard InChI is InChI=1S/C36H40N4S3/c1-5-9-13-27-29(15-11-7-3)35(42-33(27)19-25(21-37)22-38)31-17-18-32(41-31)36-30(16-12-8-4)28(14-10-6-2)34(43-36)20-26(23-39)24-40/h17-20H,5-16H2,1-4H3. The average Bonchev–Trinajstić information content (AvgIpc) is 3.73. The topological polar surface area (TPSA) is 95.2 Å². The molecule has 0 saturated carbocycles. The van der Waals surface area contributed by atoms with Gasteiger partial charge in [0.15, 0.2) is 0 Å². The van der Waals surface area contributed by atoms with E-state index in [2.05, 4.69) is 64.1 Å². The molecule has 0 N–H and O–H groups in total. The van der Waals surface area contributed by atoms with Gasteiger partial charge in [-0.2, -0.15) is 21.0 Å². The lowest BCUT2D eigenvalue weighted by molar-refractivity contribution is 0.762. The zero-order valence-corrected chi connectivity index (χ0v) is 28.3. The fraction of sp³-hybridized carbons (Fsp3) is 0.444. The van der Waals surface area contributed by atoms with Gasteiger partial charge in [-0.05, 0) is 97.9 Å². The molecule has 0 aliphatic heterocycles. The summed E-state index contributed by atoms with van der Waals surface area (Å²) < 4.78 is 0. The number of hydrogen-bond acceptors (Lipinski definition) is 7. The first-order valence-corrected chi connectivity index (χ1v) is 17.9. The third-order valence-electron chi connectivity index (χ3n) is 7.50. The Hall–Kier alpha value is -3.46. The van der Waals surface area contributed by atoms with E-state index < -0.39 is 0 Å². The van der Waals surface area contributed by atoms with Crippen LogP contribution in [0.5, 0.6) is 0 Å². The van der Waals surface area contributed by atoms with Crippen molar-refractivity contribution in [2.24, 2.45) is 0 Å². The third kappa shape index (κ3) is 8.56. The Morgan fingerprint density at radius 3 is 1.16 bits per heavy atom. The summed E-state index contributed by atoms with van der Waals surface area (Å²) in [4.78, 5) is 7.03. The highest BCUT2D eigenvalue weighted by atomic mass is 32.1. The van der Waals surface area contributed by atoms with Crippen molar-refractivity contribution in [3.05, 3.63) is 55.3 Å². The van der Waals surface area contributed by atoms with Gasteiger partial charge in [-0.3, -0.25) is 0 Å². The molecule has 0 aliphatic carbocycles. The molecule has 3 aromatic rings. The molecular weight excluding hydrogens is 585 g/mol. The molecule has 222 valence electrons. The molecule has 3 heterocycles. The maximum Gasteiger partial charge on any atom is 0.131 e. The van der Waals surface area contributed by atoms with Gasteiger partial charge in [0.25, 0.3) is 0 Å². The van der Waals surface area contributed by atoms with E-state index in [0.29, 0.717) is 0 Å². The second-order valence-corrected chi connectivity index (χ2v) is 13.8. The second-order valence-electron chi connectivity index (χ2n) is 10.6. The molecule has 0 fully saturated rings. The van der Waals surface area contributed by atoms with Gasteiger partial charge in [0.05, 0.1) is 0 Å². The molecule has 0 spiro atoms. The Morgan fingerprint density at radius 1 is 0.535 bits per heavy atom. The quantitative estimate of drug-likeness (QED) is 0.148. The largest absolute Gasteiger partial charge is 0.192 e. The zero-order valence-electron chi connectivity index (χ0n) is 25.8. The van der Waals surface area contributed by atoms with Crippen molar-refractivity contribution in [3.8, 4) is 43.8 Å². The summed E-state index contributed by atoms with van der Waals surface area (Å²) in [7, 11) is 0. The number of nitriles is 4. The predicted octanol–water partition coefficient (Wildman–Crippen LogP) is 11.4. The van der Waals surface area contributed by atoms with Crippen LogP contribution in [0.4, 0.5) is 0 Å². The maximum atomic E-state index is 9.50. The van der Waals surface area contributed by atoms with Crippen molar-refractivity contribution in [3.63, 3.8) is 0 Å². The van der Waals surface area contributed by atoms with Crippen molar-refractivity contribution in [1.29, 1.82) is 21.0 Å². The second kappa shape index (κ2) is 17.6. The van der Waals surface area contributed by atoms with Gasteiger partial charge in [0, 0.05) is 29.3 Å². The van der Waals surface area contributed by atoms with Gasteiger partial charge in [0.2, 0.25) is 0 Å². The Kier molecular flexibility index (Phi) is 13.9. The molecule has 4 nitrogen and oxygen atoms in total. The van der Waals surface area contributed by atoms with Crippen LogP contribution in [0.3, 0.4) is 0 Å². The van der Waals surface area contributed by atoms with Crippen molar-refractivity contribution >= 4 is 46.2 Å². The van der Waals surface area contributed by atoms with E-state index in [-0.39, 0.29) is 11.1 Å². The van der Waals surface area contributed by atoms with Crippen molar-refractivity contribution in [2.75, 3.05) is 0 Å². The Labute approximate surface area is 269 Å². The summed E-state index contributed by atoms with van der Waals surface area (Å²) >= 11 is 5.23. The van der Waals surface area contributed by atoms with Crippen LogP contribution in [0, 0.1) is 45.3 Å². The summed E-state index contributed by atoms with van der Waals surface area (Å²) in [6, 6.07) is 12.7. The van der Waals surface area contributed by atoms with Gasteiger partial charge in [-0.1, -0.05) is 53.4 Å². The molecule has 0 aromatic carbocycles. The summed E-state index contributed by atoms with van der Waals surface area (Å²) in [5.74, 6) is 0. The molecule has 3 aromatic heterocycles. The van der Waals surface area contributed by atoms with Gasteiger partial charge in [-0.15, -0.1) is 34.0 Å². The molecule has 0 radical (unpaired) electrons. The van der Waals surface area contributed by atoms with Crippen LogP contribution in [0.15, 0.2) is 23.3 Å². The van der Waals surface area contributed by atoms with Gasteiger partial charge in [-0.25, -0.2) is 0 Å². The van der Waals surface area contributed by atoms with E-state index in [0.717, 1.165) is 86.8 Å². The smallest absolute Gasteiger partial charge is 0.131 e. The van der Waals surface area contributed by atoms with Crippen LogP contribution in [-0.4, -0.2) is 0 Å². The van der Waals surface area contributed by atoms with Crippen LogP contribution in [0.2, 0.25) is 0 Å². The molecule has 0 unspecified atom stereocenters. The first-order chi connectivity index (χ1) is 21.0. The summed E-state index contributed by atoms with van der Waals surface area (Å²) in [6.07, 6.45) is 16.1. The number of unbranched alkanes of at least 4 members (excludes halogenated alkanes) is 4. The number of allylic oxidation sites excluding steroid dienone is 2. The lowest BCUT2D eigenvalue weighted by Crippen LogP contribution is -1.94. The van der Waals surface area contributed by atoms with E-state index in [1.165, 1.54) is 41.8 Å². The summed E-state index contributed by atoms with van der Waals surface area (Å²) in [5.41, 5.74) is 5.62. The number of rotatable bonds is 16. The Morgan fingerprint density at radius 2 is 0.860 bits per heavy atom. The Bertz CT molecular complexity index is 1470. The Balaban J connectivity index is 2.23. The molecule has 7 heteroatoms. The van der Waals surface area contributed by atoms with Gasteiger partial charge >= 0.3 is 0 Å². The summed E-state index contributed by atoms with van der Waals surface area (Å²) in [5, 5.41) is 38.0. The molecule has 0 bridgehead atoms. The fourth-order valence-electron chi connectivity index (χ4n) is 5.18. The minimum Gasteiger partial charge on any atom is -0.192 e. The highest BCUT2D eigenvalue weighted by Crippen LogP contribution is 2.47. The lowest BCUT2D eigenvalue weighted by Gasteiger charge is -2.08. The number of thiophene rings is 3. The molecule has 43 heavy (non-hydrogen) atoms. The maximum absolute atomic E-state index is 9.50. The van der Waals surface area contributed by atoms with E-state index >= 15 is 0 Å². The molecule has 0 saturated heterocycles. The predicted molar refractivity (Wildman–Crippen MR) is 184 cm³/mol. The van der Waals surface area contributed by atoms with Gasteiger partial charge < -0.3 is 0 Å². The van der Waals surface area contributed by atoms with Crippen molar-refractivity contribution in [1.82, 2.24) is 0 Å². The third-order valence-corrected chi connectivity index (χ3v) is 11.4. The number of hydrogen-bond donors (Lipinski definition) is 0. The monoisotopic (exact) mass is 624 g/mol. The van der Waals surface area contributed by atoms with E-state index in [4.69, 9.17) is 0 Å². The first kappa shape index (κ1) is 34.0. The minimum absolute atomic E-state index is 0.146. The van der Waals surface area contributed by atoms with Crippen LogP contribution >= 0.6 is 34.0 Å². The first-order valence-electron chi connectivity index (χ1n) is 15.4. The zero-order chi connectivity index (χ0) is 31.2. The summed E-state index contributed by atoms with van der Waals surface area (Å²) in [6.45, 7) is 8.82. The van der Waals surface area contributed by atoms with Crippen LogP contribution in [-0.2, 0) is 25.7 Å². The van der Waals surface area contributed by atoms with Crippen molar-refractivity contribution in [2.45, 2.75) is 105 Å². The van der Waals surface area contributed by atoms with E-state index in [1.54, 1.807) is 46.2 Å².